The molecule has 0 aliphatic carbocycles. The Kier molecular flexibility index (Phi) is 17.1. The highest BCUT2D eigenvalue weighted by molar-refractivity contribution is 5.69. The van der Waals surface area contributed by atoms with E-state index in [1.165, 1.54) is 0 Å². The van der Waals surface area contributed by atoms with Crippen molar-refractivity contribution in [1.29, 1.82) is 0 Å². The number of azide groups is 1. The van der Waals surface area contributed by atoms with Crippen LogP contribution in [0.4, 0.5) is 0 Å². The van der Waals surface area contributed by atoms with E-state index < -0.39 is 0 Å². The van der Waals surface area contributed by atoms with Gasteiger partial charge in [-0.25, -0.2) is 0 Å². The van der Waals surface area contributed by atoms with Gasteiger partial charge in [-0.1, -0.05) is 5.11 Å². The molecule has 34 heavy (non-hydrogen) atoms. The number of nitrogens with zero attached hydrogens (tertiary/aromatic N) is 5. The predicted molar refractivity (Wildman–Crippen MR) is 127 cm³/mol. The molecule has 2 heterocycles. The molecule has 2 saturated heterocycles. The summed E-state index contributed by atoms with van der Waals surface area (Å²) in [5.74, 6) is -0.248. The average Bonchev–Trinajstić information content (AvgIpc) is 2.84. The van der Waals surface area contributed by atoms with Gasteiger partial charge in [-0.15, -0.1) is 0 Å². The molecule has 2 N–H and O–H groups in total. The summed E-state index contributed by atoms with van der Waals surface area (Å²) in [5, 5.41) is 3.52. The van der Waals surface area contributed by atoms with E-state index in [1.807, 2.05) is 6.92 Å². The Morgan fingerprint density at radius 2 is 1.47 bits per heavy atom. The van der Waals surface area contributed by atoms with Crippen molar-refractivity contribution >= 4 is 11.9 Å². The molecule has 2 aliphatic heterocycles. The number of rotatable bonds is 13. The van der Waals surface area contributed by atoms with Gasteiger partial charge in [-0.05, 0) is 45.3 Å². The number of hydrogen-bond donors (Lipinski definition) is 1. The van der Waals surface area contributed by atoms with E-state index in [4.69, 9.17) is 30.2 Å². The Bertz CT molecular complexity index is 619. The van der Waals surface area contributed by atoms with E-state index >= 15 is 0 Å². The zero-order valence-corrected chi connectivity index (χ0v) is 20.7. The first-order chi connectivity index (χ1) is 16.5. The molecule has 0 radical (unpaired) electrons. The summed E-state index contributed by atoms with van der Waals surface area (Å²) in [7, 11) is 0. The smallest absolute Gasteiger partial charge is 0.305 e. The highest BCUT2D eigenvalue weighted by Crippen LogP contribution is 2.08. The molecule has 0 aromatic heterocycles. The van der Waals surface area contributed by atoms with Crippen LogP contribution in [-0.4, -0.2) is 113 Å². The van der Waals surface area contributed by atoms with E-state index in [2.05, 4.69) is 19.8 Å². The zero-order chi connectivity index (χ0) is 25.0. The molecule has 12 nitrogen and oxygen atoms in total. The van der Waals surface area contributed by atoms with Crippen molar-refractivity contribution in [2.45, 2.75) is 51.7 Å². The standard InChI is InChI=1S/C11H20N4O3.C11H22N2O3/c1-2-17-11(16)4-3-5-15-6-7-18-10(9-15)8-13-14-12;1-2-15-11(14)4-3-5-13-6-7-16-10(8-12)9-13/h10H,2-9H2,1H3;10H,2-9,12H2,1H3. The Morgan fingerprint density at radius 1 is 0.971 bits per heavy atom. The average molecular weight is 487 g/mol. The fraction of sp³-hybridized carbons (Fsp3) is 0.909. The molecular formula is C22H42N6O6. The van der Waals surface area contributed by atoms with E-state index in [1.54, 1.807) is 6.92 Å². The third-order valence-corrected chi connectivity index (χ3v) is 5.38. The van der Waals surface area contributed by atoms with Gasteiger partial charge in [0.05, 0.1) is 45.2 Å². The van der Waals surface area contributed by atoms with E-state index in [0.29, 0.717) is 45.8 Å². The molecule has 196 valence electrons. The maximum absolute atomic E-state index is 11.2. The lowest BCUT2D eigenvalue weighted by atomic mass is 10.2. The zero-order valence-electron chi connectivity index (χ0n) is 20.7. The summed E-state index contributed by atoms with van der Waals surface area (Å²) < 4.78 is 20.7. The minimum absolute atomic E-state index is 0.0303. The van der Waals surface area contributed by atoms with Crippen LogP contribution in [0.1, 0.15) is 39.5 Å². The Hall–Kier alpha value is -1.95. The van der Waals surface area contributed by atoms with Crippen molar-refractivity contribution in [2.75, 3.05) is 78.8 Å². The summed E-state index contributed by atoms with van der Waals surface area (Å²) in [5.41, 5.74) is 13.8. The van der Waals surface area contributed by atoms with Gasteiger partial charge in [0.15, 0.2) is 0 Å². The second kappa shape index (κ2) is 19.4. The lowest BCUT2D eigenvalue weighted by Gasteiger charge is -2.32. The SMILES string of the molecule is CCOC(=O)CCCN1CCOC(CN)C1.CCOC(=O)CCCN1CCOC(CN=[N+]=[N-])C1. The summed E-state index contributed by atoms with van der Waals surface area (Å²) in [6, 6.07) is 0. The monoisotopic (exact) mass is 486 g/mol. The number of morpholine rings is 2. The second-order valence-corrected chi connectivity index (χ2v) is 8.05. The maximum Gasteiger partial charge on any atom is 0.305 e. The van der Waals surface area contributed by atoms with Crippen LogP contribution in [0.2, 0.25) is 0 Å². The van der Waals surface area contributed by atoms with Crippen molar-refractivity contribution < 1.29 is 28.5 Å². The molecule has 2 rings (SSSR count). The number of nitrogens with two attached hydrogens (primary N) is 1. The lowest BCUT2D eigenvalue weighted by Crippen LogP contribution is -2.45. The van der Waals surface area contributed by atoms with Crippen LogP contribution in [0.5, 0.6) is 0 Å². The number of hydrogen-bond acceptors (Lipinski definition) is 10. The summed E-state index contributed by atoms with van der Waals surface area (Å²) in [4.78, 5) is 29.5. The molecule has 0 saturated carbocycles. The number of esters is 2. The topological polar surface area (TPSA) is 152 Å². The van der Waals surface area contributed by atoms with Crippen molar-refractivity contribution in [1.82, 2.24) is 9.80 Å². The summed E-state index contributed by atoms with van der Waals surface area (Å²) in [6.07, 6.45) is 2.70. The minimum atomic E-state index is -0.142. The molecule has 2 fully saturated rings. The number of carbonyl (C=O) groups excluding carboxylic acids is 2. The normalized spacial score (nSPS) is 21.0. The van der Waals surface area contributed by atoms with Crippen LogP contribution in [0.15, 0.2) is 5.11 Å². The first-order valence-electron chi connectivity index (χ1n) is 12.2. The fourth-order valence-electron chi connectivity index (χ4n) is 3.71. The Labute approximate surface area is 202 Å². The molecule has 0 amide bonds. The third kappa shape index (κ3) is 14.3. The highest BCUT2D eigenvalue weighted by Gasteiger charge is 2.20. The largest absolute Gasteiger partial charge is 0.466 e. The van der Waals surface area contributed by atoms with Crippen molar-refractivity contribution in [2.24, 2.45) is 10.8 Å². The van der Waals surface area contributed by atoms with E-state index in [9.17, 15) is 9.59 Å². The highest BCUT2D eigenvalue weighted by atomic mass is 16.5. The molecule has 0 aromatic rings. The van der Waals surface area contributed by atoms with Gasteiger partial charge < -0.3 is 24.7 Å². The van der Waals surface area contributed by atoms with Gasteiger partial charge in [0.25, 0.3) is 0 Å². The van der Waals surface area contributed by atoms with Gasteiger partial charge >= 0.3 is 11.9 Å². The molecule has 2 aliphatic rings. The predicted octanol–water partition coefficient (Wildman–Crippen LogP) is 1.33. The molecular weight excluding hydrogens is 444 g/mol. The van der Waals surface area contributed by atoms with Gasteiger partial charge in [0.2, 0.25) is 0 Å². The van der Waals surface area contributed by atoms with Crippen molar-refractivity contribution in [3.8, 4) is 0 Å². The number of carbonyl (C=O) groups is 2. The van der Waals surface area contributed by atoms with Crippen LogP contribution in [-0.2, 0) is 28.5 Å². The summed E-state index contributed by atoms with van der Waals surface area (Å²) in [6.45, 7) is 12.0. The molecule has 0 bridgehead atoms. The van der Waals surface area contributed by atoms with Crippen LogP contribution in [0.3, 0.4) is 0 Å². The molecule has 0 spiro atoms. The van der Waals surface area contributed by atoms with Crippen LogP contribution in [0, 0.1) is 0 Å². The van der Waals surface area contributed by atoms with Crippen LogP contribution >= 0.6 is 0 Å². The van der Waals surface area contributed by atoms with E-state index in [0.717, 1.165) is 58.7 Å². The Morgan fingerprint density at radius 3 is 1.94 bits per heavy atom. The van der Waals surface area contributed by atoms with Crippen molar-refractivity contribution in [3.05, 3.63) is 10.4 Å². The molecule has 0 aromatic carbocycles. The van der Waals surface area contributed by atoms with Crippen LogP contribution < -0.4 is 5.73 Å². The first kappa shape index (κ1) is 30.1. The fourth-order valence-corrected chi connectivity index (χ4v) is 3.71. The first-order valence-corrected chi connectivity index (χ1v) is 12.2. The maximum atomic E-state index is 11.2. The van der Waals surface area contributed by atoms with Gasteiger partial charge in [-0.2, -0.15) is 0 Å². The lowest BCUT2D eigenvalue weighted by molar-refractivity contribution is -0.144. The van der Waals surface area contributed by atoms with Gasteiger partial charge in [-0.3, -0.25) is 19.4 Å². The number of ether oxygens (including phenoxy) is 4. The van der Waals surface area contributed by atoms with Gasteiger partial charge in [0.1, 0.15) is 0 Å². The van der Waals surface area contributed by atoms with Gasteiger partial charge in [0, 0.05) is 50.5 Å². The molecule has 12 heteroatoms. The summed E-state index contributed by atoms with van der Waals surface area (Å²) >= 11 is 0. The third-order valence-electron chi connectivity index (χ3n) is 5.38. The van der Waals surface area contributed by atoms with Crippen molar-refractivity contribution in [3.63, 3.8) is 0 Å². The Balaban J connectivity index is 0.000000342. The molecule has 2 atom stereocenters. The minimum Gasteiger partial charge on any atom is -0.466 e. The molecule has 2 unspecified atom stereocenters. The van der Waals surface area contributed by atoms with Crippen LogP contribution in [0.25, 0.3) is 10.4 Å². The van der Waals surface area contributed by atoms with E-state index in [-0.39, 0.29) is 24.1 Å². The second-order valence-electron chi connectivity index (χ2n) is 8.05. The quantitative estimate of drug-likeness (QED) is 0.176.